The van der Waals surface area contributed by atoms with Crippen LogP contribution in [0.2, 0.25) is 0 Å². The predicted octanol–water partition coefficient (Wildman–Crippen LogP) is 2.96. The Morgan fingerprint density at radius 3 is 3.00 bits per heavy atom. The molecule has 2 atom stereocenters. The van der Waals surface area contributed by atoms with Crippen LogP contribution in [0.4, 0.5) is 0 Å². The van der Waals surface area contributed by atoms with Gasteiger partial charge in [-0.3, -0.25) is 9.78 Å². The van der Waals surface area contributed by atoms with Crippen LogP contribution in [0.25, 0.3) is 17.0 Å². The van der Waals surface area contributed by atoms with Crippen molar-refractivity contribution >= 4 is 22.9 Å². The Labute approximate surface area is 134 Å². The van der Waals surface area contributed by atoms with Crippen LogP contribution < -0.4 is 0 Å². The minimum atomic E-state index is -0.740. The van der Waals surface area contributed by atoms with Gasteiger partial charge in [0.2, 0.25) is 0 Å². The molecule has 1 aliphatic rings. The maximum atomic E-state index is 11.1. The number of aromatic nitrogens is 1. The summed E-state index contributed by atoms with van der Waals surface area (Å²) < 4.78 is 10.3. The smallest absolute Gasteiger partial charge is 0.307 e. The fraction of sp³-hybridized carbons (Fsp3) is 0.333. The first-order chi connectivity index (χ1) is 11.2. The number of hydrogen-bond donors (Lipinski definition) is 1. The molecule has 0 radical (unpaired) electrons. The summed E-state index contributed by atoms with van der Waals surface area (Å²) in [6.07, 6.45) is 4.46. The van der Waals surface area contributed by atoms with Crippen LogP contribution >= 0.6 is 0 Å². The number of carboxylic acid groups (broad SMARTS) is 1. The third kappa shape index (κ3) is 3.75. The van der Waals surface area contributed by atoms with Crippen molar-refractivity contribution in [3.63, 3.8) is 0 Å². The highest BCUT2D eigenvalue weighted by molar-refractivity contribution is 5.81. The molecule has 23 heavy (non-hydrogen) atoms. The Bertz CT molecular complexity index is 741. The number of hydrogen-bond acceptors (Lipinski definition) is 4. The topological polar surface area (TPSA) is 68.7 Å². The number of rotatable bonds is 7. The zero-order valence-corrected chi connectivity index (χ0v) is 12.9. The molecule has 2 aromatic rings. The van der Waals surface area contributed by atoms with Gasteiger partial charge in [-0.15, -0.1) is 0 Å². The van der Waals surface area contributed by atoms with Gasteiger partial charge in [0.1, 0.15) is 6.79 Å². The van der Waals surface area contributed by atoms with Crippen LogP contribution in [0.1, 0.15) is 12.0 Å². The first-order valence-electron chi connectivity index (χ1n) is 7.54. The summed E-state index contributed by atoms with van der Waals surface area (Å²) in [4.78, 5) is 15.4. The quantitative estimate of drug-likeness (QED) is 0.628. The standard InChI is InChI=1S/C18H19NO4/c1-22-11-23-10-14(15-9-16(15)18(20)21)8-12-4-5-17-13(7-12)3-2-6-19-17/h2-8,15-16H,9-11H2,1H3,(H,20,21)/b14-8-. The van der Waals surface area contributed by atoms with Crippen molar-refractivity contribution in [2.45, 2.75) is 6.42 Å². The third-order valence-electron chi connectivity index (χ3n) is 4.03. The van der Waals surface area contributed by atoms with Crippen molar-refractivity contribution in [2.24, 2.45) is 11.8 Å². The molecule has 5 nitrogen and oxygen atoms in total. The van der Waals surface area contributed by atoms with Gasteiger partial charge < -0.3 is 14.6 Å². The molecule has 1 fully saturated rings. The molecule has 120 valence electrons. The first kappa shape index (κ1) is 15.6. The molecule has 0 aliphatic heterocycles. The van der Waals surface area contributed by atoms with Crippen molar-refractivity contribution in [1.29, 1.82) is 0 Å². The van der Waals surface area contributed by atoms with Gasteiger partial charge in [-0.2, -0.15) is 0 Å². The number of methoxy groups -OCH3 is 1. The average Bonchev–Trinajstić information content (AvgIpc) is 3.35. The van der Waals surface area contributed by atoms with E-state index in [1.54, 1.807) is 13.3 Å². The molecule has 0 spiro atoms. The van der Waals surface area contributed by atoms with Crippen LogP contribution in [0.15, 0.2) is 42.1 Å². The Kier molecular flexibility index (Phi) is 4.69. The molecule has 1 aliphatic carbocycles. The SMILES string of the molecule is COCOC/C(=C/c1ccc2ncccc2c1)C1CC1C(=O)O. The van der Waals surface area contributed by atoms with Gasteiger partial charge in [-0.05, 0) is 41.7 Å². The van der Waals surface area contributed by atoms with Crippen LogP contribution in [0.5, 0.6) is 0 Å². The van der Waals surface area contributed by atoms with Crippen molar-refractivity contribution in [1.82, 2.24) is 4.98 Å². The predicted molar refractivity (Wildman–Crippen MR) is 86.8 cm³/mol. The number of pyridine rings is 1. The van der Waals surface area contributed by atoms with Gasteiger partial charge in [0.05, 0.1) is 18.0 Å². The van der Waals surface area contributed by atoms with Gasteiger partial charge >= 0.3 is 5.97 Å². The number of aliphatic carboxylic acids is 1. The van der Waals surface area contributed by atoms with Crippen molar-refractivity contribution in [3.8, 4) is 0 Å². The van der Waals surface area contributed by atoms with E-state index in [2.05, 4.69) is 11.1 Å². The van der Waals surface area contributed by atoms with Crippen molar-refractivity contribution in [3.05, 3.63) is 47.7 Å². The highest BCUT2D eigenvalue weighted by Gasteiger charge is 2.45. The minimum Gasteiger partial charge on any atom is -0.481 e. The molecule has 2 unspecified atom stereocenters. The van der Waals surface area contributed by atoms with E-state index in [1.807, 2.05) is 30.3 Å². The Hall–Kier alpha value is -2.24. The second-order valence-corrected chi connectivity index (χ2v) is 5.72. The molecule has 0 amide bonds. The number of ether oxygens (including phenoxy) is 2. The molecule has 1 aromatic heterocycles. The zero-order chi connectivity index (χ0) is 16.2. The highest BCUT2D eigenvalue weighted by Crippen LogP contribution is 2.45. The second kappa shape index (κ2) is 6.89. The summed E-state index contributed by atoms with van der Waals surface area (Å²) in [5, 5.41) is 10.2. The second-order valence-electron chi connectivity index (χ2n) is 5.72. The lowest BCUT2D eigenvalue weighted by molar-refractivity contribution is -0.138. The van der Waals surface area contributed by atoms with E-state index in [9.17, 15) is 4.79 Å². The largest absolute Gasteiger partial charge is 0.481 e. The molecular formula is C18H19NO4. The first-order valence-corrected chi connectivity index (χ1v) is 7.54. The van der Waals surface area contributed by atoms with Crippen molar-refractivity contribution < 1.29 is 19.4 Å². The van der Waals surface area contributed by atoms with Crippen LogP contribution in [0.3, 0.4) is 0 Å². The number of carbonyl (C=O) groups is 1. The molecule has 0 saturated heterocycles. The molecule has 1 N–H and O–H groups in total. The molecule has 1 heterocycles. The summed E-state index contributed by atoms with van der Waals surface area (Å²) in [6.45, 7) is 0.580. The van der Waals surface area contributed by atoms with Gasteiger partial charge in [0, 0.05) is 18.7 Å². The minimum absolute atomic E-state index is 0.0500. The fourth-order valence-corrected chi connectivity index (χ4v) is 2.77. The highest BCUT2D eigenvalue weighted by atomic mass is 16.7. The van der Waals surface area contributed by atoms with E-state index in [1.165, 1.54) is 0 Å². The van der Waals surface area contributed by atoms with E-state index in [-0.39, 0.29) is 18.6 Å². The number of benzene rings is 1. The summed E-state index contributed by atoms with van der Waals surface area (Å²) in [5.74, 6) is -0.987. The lowest BCUT2D eigenvalue weighted by Crippen LogP contribution is -2.07. The van der Waals surface area contributed by atoms with Gasteiger partial charge in [0.25, 0.3) is 0 Å². The van der Waals surface area contributed by atoms with E-state index in [0.29, 0.717) is 13.0 Å². The number of fused-ring (bicyclic) bond motifs is 1. The molecule has 1 aromatic carbocycles. The number of nitrogens with zero attached hydrogens (tertiary/aromatic N) is 1. The molecule has 0 bridgehead atoms. The van der Waals surface area contributed by atoms with E-state index >= 15 is 0 Å². The Balaban J connectivity index is 1.84. The lowest BCUT2D eigenvalue weighted by atomic mass is 10.0. The maximum absolute atomic E-state index is 11.1. The van der Waals surface area contributed by atoms with Gasteiger partial charge in [0.15, 0.2) is 0 Å². The van der Waals surface area contributed by atoms with E-state index in [0.717, 1.165) is 22.0 Å². The number of carboxylic acids is 1. The fourth-order valence-electron chi connectivity index (χ4n) is 2.77. The van der Waals surface area contributed by atoms with Gasteiger partial charge in [-0.25, -0.2) is 0 Å². The van der Waals surface area contributed by atoms with Crippen molar-refractivity contribution in [2.75, 3.05) is 20.5 Å². The summed E-state index contributed by atoms with van der Waals surface area (Å²) in [7, 11) is 1.57. The Morgan fingerprint density at radius 2 is 2.26 bits per heavy atom. The molecule has 3 rings (SSSR count). The molecular weight excluding hydrogens is 294 g/mol. The van der Waals surface area contributed by atoms with Crippen LogP contribution in [-0.4, -0.2) is 36.6 Å². The summed E-state index contributed by atoms with van der Waals surface area (Å²) >= 11 is 0. The maximum Gasteiger partial charge on any atom is 0.307 e. The van der Waals surface area contributed by atoms with Crippen LogP contribution in [-0.2, 0) is 14.3 Å². The summed E-state index contributed by atoms with van der Waals surface area (Å²) in [5.41, 5.74) is 2.96. The monoisotopic (exact) mass is 313 g/mol. The Morgan fingerprint density at radius 1 is 1.39 bits per heavy atom. The van der Waals surface area contributed by atoms with E-state index in [4.69, 9.17) is 14.6 Å². The summed E-state index contributed by atoms with van der Waals surface area (Å²) in [6, 6.07) is 9.93. The normalized spacial score (nSPS) is 20.7. The molecule has 5 heteroatoms. The van der Waals surface area contributed by atoms with E-state index < -0.39 is 5.97 Å². The average molecular weight is 313 g/mol. The third-order valence-corrected chi connectivity index (χ3v) is 4.03. The lowest BCUT2D eigenvalue weighted by Gasteiger charge is -2.08. The molecule has 1 saturated carbocycles. The van der Waals surface area contributed by atoms with Crippen LogP contribution in [0, 0.1) is 11.8 Å². The van der Waals surface area contributed by atoms with Gasteiger partial charge in [-0.1, -0.05) is 18.2 Å². The zero-order valence-electron chi connectivity index (χ0n) is 12.9.